The van der Waals surface area contributed by atoms with Crippen LogP contribution in [0.4, 0.5) is 0 Å². The van der Waals surface area contributed by atoms with Crippen molar-refractivity contribution in [1.82, 2.24) is 28.9 Å². The number of hydrogen-bond acceptors (Lipinski definition) is 8. The average molecular weight is 479 g/mol. The lowest BCUT2D eigenvalue weighted by atomic mass is 10.3. The van der Waals surface area contributed by atoms with Gasteiger partial charge in [-0.25, -0.2) is 9.97 Å². The van der Waals surface area contributed by atoms with Crippen LogP contribution in [0.5, 0.6) is 0 Å². The molecule has 0 saturated heterocycles. The number of carbonyl (C=O) groups excluding carboxylic acids is 2. The number of allylic oxidation sites excluding steroid dienone is 1. The van der Waals surface area contributed by atoms with Crippen LogP contribution in [0.15, 0.2) is 37.3 Å². The van der Waals surface area contributed by atoms with Gasteiger partial charge < -0.3 is 23.5 Å². The summed E-state index contributed by atoms with van der Waals surface area (Å²) in [6, 6.07) is 0.701. The van der Waals surface area contributed by atoms with Gasteiger partial charge in [0.1, 0.15) is 11.4 Å². The number of nitrogens with zero attached hydrogens (tertiary/aromatic N) is 6. The monoisotopic (exact) mass is 478 g/mol. The molecule has 0 atom stereocenters. The maximum Gasteiger partial charge on any atom is 0.217 e. The average Bonchev–Trinajstić information content (AvgIpc) is 3.44. The molecule has 0 unspecified atom stereocenters. The number of Topliss-reactive ketones (excluding diaryl/α,β-unsaturated/α-hetero) is 1. The van der Waals surface area contributed by atoms with E-state index >= 15 is 0 Å². The van der Waals surface area contributed by atoms with Crippen molar-refractivity contribution in [3.8, 4) is 0 Å². The quantitative estimate of drug-likeness (QED) is 0.307. The van der Waals surface area contributed by atoms with Crippen LogP contribution in [0.3, 0.4) is 0 Å². The van der Waals surface area contributed by atoms with Gasteiger partial charge in [0.2, 0.25) is 12.2 Å². The van der Waals surface area contributed by atoms with Crippen molar-refractivity contribution in [3.63, 3.8) is 0 Å². The van der Waals surface area contributed by atoms with Crippen molar-refractivity contribution < 1.29 is 19.1 Å². The first-order chi connectivity index (χ1) is 15.8. The van der Waals surface area contributed by atoms with Crippen LogP contribution in [0.25, 0.3) is 0 Å². The van der Waals surface area contributed by atoms with Crippen LogP contribution < -0.4 is 0 Å². The SMILES string of the molecule is CC(=O)c1cn(C(C)C)cn1.CC(C)n1cnc(C(=O)/C=C/N(C)C)c1.COC(OC)N(C)C. The Morgan fingerprint density at radius 3 is 1.59 bits per heavy atom. The summed E-state index contributed by atoms with van der Waals surface area (Å²) < 4.78 is 13.6. The topological polar surface area (TPSA) is 94.7 Å². The maximum atomic E-state index is 11.6. The minimum absolute atomic E-state index is 0.0180. The van der Waals surface area contributed by atoms with E-state index in [1.54, 1.807) is 45.5 Å². The van der Waals surface area contributed by atoms with Gasteiger partial charge in [-0.3, -0.25) is 14.5 Å². The number of methoxy groups -OCH3 is 2. The second kappa shape index (κ2) is 15.9. The van der Waals surface area contributed by atoms with Crippen molar-refractivity contribution in [2.24, 2.45) is 0 Å². The number of ketones is 2. The van der Waals surface area contributed by atoms with E-state index in [1.165, 1.54) is 13.0 Å². The summed E-state index contributed by atoms with van der Waals surface area (Å²) in [4.78, 5) is 34.1. The first-order valence-corrected chi connectivity index (χ1v) is 11.0. The molecule has 0 bridgehead atoms. The Hall–Kier alpha value is -2.82. The fourth-order valence-corrected chi connectivity index (χ4v) is 2.37. The second-order valence-electron chi connectivity index (χ2n) is 8.54. The number of carbonyl (C=O) groups is 2. The molecule has 0 aromatic carbocycles. The Balaban J connectivity index is 0.000000507. The van der Waals surface area contributed by atoms with E-state index in [0.29, 0.717) is 23.5 Å². The highest BCUT2D eigenvalue weighted by Gasteiger charge is 2.07. The van der Waals surface area contributed by atoms with Gasteiger partial charge in [-0.05, 0) is 41.8 Å². The van der Waals surface area contributed by atoms with Gasteiger partial charge in [0.05, 0.1) is 12.7 Å². The van der Waals surface area contributed by atoms with Crippen molar-refractivity contribution in [2.45, 2.75) is 53.1 Å². The standard InChI is InChI=1S/C11H17N3O.C8H12N2O.C5H13NO2/c1-9(2)14-7-10(12-8-14)11(15)5-6-13(3)4;1-6(2)10-4-8(7(3)11)9-5-10;1-6(2)5(7-3)8-4/h5-9H,1-4H3;4-6H,1-3H3;5H,1-4H3/b6-5+;;. The molecule has 0 aliphatic carbocycles. The predicted octanol–water partition coefficient (Wildman–Crippen LogP) is 3.51. The summed E-state index contributed by atoms with van der Waals surface area (Å²) in [5.74, 6) is -0.0486. The van der Waals surface area contributed by atoms with Gasteiger partial charge in [0.15, 0.2) is 5.78 Å². The van der Waals surface area contributed by atoms with Crippen LogP contribution in [-0.4, -0.2) is 89.3 Å². The molecule has 0 aliphatic heterocycles. The first kappa shape index (κ1) is 31.2. The predicted molar refractivity (Wildman–Crippen MR) is 134 cm³/mol. The van der Waals surface area contributed by atoms with Gasteiger partial charge in [-0.15, -0.1) is 0 Å². The lowest BCUT2D eigenvalue weighted by Crippen LogP contribution is -2.30. The molecule has 0 saturated carbocycles. The number of rotatable bonds is 9. The van der Waals surface area contributed by atoms with Crippen molar-refractivity contribution in [1.29, 1.82) is 0 Å². The minimum Gasteiger partial charge on any atom is -0.383 e. The zero-order valence-corrected chi connectivity index (χ0v) is 22.5. The number of aromatic nitrogens is 4. The van der Waals surface area contributed by atoms with E-state index in [9.17, 15) is 9.59 Å². The summed E-state index contributed by atoms with van der Waals surface area (Å²) in [5.41, 5.74) is 1.03. The van der Waals surface area contributed by atoms with Gasteiger partial charge in [0, 0.05) is 72.0 Å². The molecule has 0 amide bonds. The zero-order chi connectivity index (χ0) is 26.4. The molecule has 2 rings (SSSR count). The molecule has 192 valence electrons. The molecule has 0 aliphatic rings. The number of hydrogen-bond donors (Lipinski definition) is 0. The molecular weight excluding hydrogens is 436 g/mol. The zero-order valence-electron chi connectivity index (χ0n) is 22.5. The Morgan fingerprint density at radius 1 is 0.882 bits per heavy atom. The van der Waals surface area contributed by atoms with Crippen LogP contribution >= 0.6 is 0 Å². The molecule has 10 nitrogen and oxygen atoms in total. The van der Waals surface area contributed by atoms with Crippen molar-refractivity contribution in [2.75, 3.05) is 42.4 Å². The highest BCUT2D eigenvalue weighted by Crippen LogP contribution is 2.07. The molecular formula is C24H42N6O4. The van der Waals surface area contributed by atoms with Crippen LogP contribution in [0.2, 0.25) is 0 Å². The highest BCUT2D eigenvalue weighted by atomic mass is 16.7. The van der Waals surface area contributed by atoms with E-state index in [1.807, 2.05) is 74.8 Å². The fourth-order valence-electron chi connectivity index (χ4n) is 2.37. The Labute approximate surface area is 204 Å². The lowest BCUT2D eigenvalue weighted by molar-refractivity contribution is -0.179. The molecule has 0 radical (unpaired) electrons. The van der Waals surface area contributed by atoms with Crippen LogP contribution in [0, 0.1) is 0 Å². The molecule has 2 heterocycles. The Kier molecular flexibility index (Phi) is 14.6. The number of imidazole rings is 2. The van der Waals surface area contributed by atoms with Gasteiger partial charge >= 0.3 is 0 Å². The molecule has 34 heavy (non-hydrogen) atoms. The third-order valence-corrected chi connectivity index (χ3v) is 4.36. The van der Waals surface area contributed by atoms with E-state index in [-0.39, 0.29) is 18.0 Å². The van der Waals surface area contributed by atoms with E-state index in [4.69, 9.17) is 9.47 Å². The summed E-state index contributed by atoms with van der Waals surface area (Å²) in [6.07, 6.45) is 9.93. The smallest absolute Gasteiger partial charge is 0.217 e. The summed E-state index contributed by atoms with van der Waals surface area (Å²) >= 11 is 0. The van der Waals surface area contributed by atoms with Crippen LogP contribution in [0.1, 0.15) is 67.7 Å². The largest absolute Gasteiger partial charge is 0.383 e. The molecule has 2 aromatic heterocycles. The van der Waals surface area contributed by atoms with Gasteiger partial charge in [-0.2, -0.15) is 0 Å². The first-order valence-electron chi connectivity index (χ1n) is 11.0. The Morgan fingerprint density at radius 2 is 1.32 bits per heavy atom. The van der Waals surface area contributed by atoms with Gasteiger partial charge in [-0.1, -0.05) is 0 Å². The van der Waals surface area contributed by atoms with Crippen LogP contribution in [-0.2, 0) is 9.47 Å². The third-order valence-electron chi connectivity index (χ3n) is 4.36. The molecule has 10 heteroatoms. The maximum absolute atomic E-state index is 11.6. The van der Waals surface area contributed by atoms with E-state index in [2.05, 4.69) is 9.97 Å². The Bertz CT molecular complexity index is 880. The second-order valence-corrected chi connectivity index (χ2v) is 8.54. The molecule has 0 fully saturated rings. The summed E-state index contributed by atoms with van der Waals surface area (Å²) in [6.45, 7) is 9.71. The van der Waals surface area contributed by atoms with E-state index < -0.39 is 0 Å². The highest BCUT2D eigenvalue weighted by molar-refractivity contribution is 6.02. The molecule has 0 spiro atoms. The van der Waals surface area contributed by atoms with Crippen molar-refractivity contribution in [3.05, 3.63) is 48.7 Å². The number of ether oxygens (including phenoxy) is 2. The van der Waals surface area contributed by atoms with Crippen molar-refractivity contribution >= 4 is 11.6 Å². The molecule has 2 aromatic rings. The fraction of sp³-hybridized carbons (Fsp3) is 0.583. The lowest BCUT2D eigenvalue weighted by Gasteiger charge is -2.19. The third kappa shape index (κ3) is 11.9. The van der Waals surface area contributed by atoms with Gasteiger partial charge in [0.25, 0.3) is 0 Å². The molecule has 0 N–H and O–H groups in total. The van der Waals surface area contributed by atoms with E-state index in [0.717, 1.165) is 0 Å². The summed E-state index contributed by atoms with van der Waals surface area (Å²) in [5, 5.41) is 0. The minimum atomic E-state index is -0.213. The summed E-state index contributed by atoms with van der Waals surface area (Å²) in [7, 11) is 10.7. The normalized spacial score (nSPS) is 11.0.